The van der Waals surface area contributed by atoms with Crippen molar-refractivity contribution in [3.8, 4) is 0 Å². The van der Waals surface area contributed by atoms with Crippen molar-refractivity contribution in [2.45, 2.75) is 26.7 Å². The van der Waals surface area contributed by atoms with Gasteiger partial charge in [-0.05, 0) is 18.8 Å². The van der Waals surface area contributed by atoms with E-state index in [1.807, 2.05) is 19.1 Å². The monoisotopic (exact) mass is 141 g/mol. The SMILES string of the molecule is CC/C=C/CC(C)C(=O)[O-]. The molecule has 0 amide bonds. The van der Waals surface area contributed by atoms with Gasteiger partial charge >= 0.3 is 0 Å². The molecule has 0 radical (unpaired) electrons. The summed E-state index contributed by atoms with van der Waals surface area (Å²) in [4.78, 5) is 10.1. The van der Waals surface area contributed by atoms with E-state index in [4.69, 9.17) is 0 Å². The van der Waals surface area contributed by atoms with Crippen LogP contribution in [0.15, 0.2) is 12.2 Å². The zero-order chi connectivity index (χ0) is 7.98. The number of hydrogen-bond donors (Lipinski definition) is 0. The Morgan fingerprint density at radius 1 is 1.60 bits per heavy atom. The third-order valence-electron chi connectivity index (χ3n) is 1.29. The summed E-state index contributed by atoms with van der Waals surface area (Å²) in [6, 6.07) is 0. The lowest BCUT2D eigenvalue weighted by atomic mass is 10.1. The van der Waals surface area contributed by atoms with E-state index in [1.54, 1.807) is 6.92 Å². The second-order valence-corrected chi connectivity index (χ2v) is 2.34. The Labute approximate surface area is 61.6 Å². The van der Waals surface area contributed by atoms with Gasteiger partial charge in [0.05, 0.1) is 0 Å². The van der Waals surface area contributed by atoms with Gasteiger partial charge in [0.25, 0.3) is 0 Å². The van der Waals surface area contributed by atoms with Crippen LogP contribution in [-0.4, -0.2) is 5.97 Å². The molecule has 0 saturated heterocycles. The molecule has 1 unspecified atom stereocenters. The molecular weight excluding hydrogens is 128 g/mol. The minimum atomic E-state index is -0.972. The van der Waals surface area contributed by atoms with Crippen LogP contribution < -0.4 is 5.11 Å². The molecule has 0 bridgehead atoms. The maximum atomic E-state index is 10.1. The van der Waals surface area contributed by atoms with Gasteiger partial charge in [0.2, 0.25) is 0 Å². The van der Waals surface area contributed by atoms with Crippen molar-refractivity contribution in [3.05, 3.63) is 12.2 Å². The lowest BCUT2D eigenvalue weighted by Crippen LogP contribution is -2.28. The average molecular weight is 141 g/mol. The maximum absolute atomic E-state index is 10.1. The van der Waals surface area contributed by atoms with Gasteiger partial charge in [-0.15, -0.1) is 0 Å². The van der Waals surface area contributed by atoms with Gasteiger partial charge in [-0.1, -0.05) is 26.0 Å². The van der Waals surface area contributed by atoms with Crippen molar-refractivity contribution < 1.29 is 9.90 Å². The van der Waals surface area contributed by atoms with Crippen LogP contribution in [0.4, 0.5) is 0 Å². The van der Waals surface area contributed by atoms with Crippen molar-refractivity contribution in [1.82, 2.24) is 0 Å². The van der Waals surface area contributed by atoms with E-state index in [2.05, 4.69) is 0 Å². The first kappa shape index (κ1) is 9.21. The fraction of sp³-hybridized carbons (Fsp3) is 0.625. The Morgan fingerprint density at radius 2 is 2.20 bits per heavy atom. The number of carbonyl (C=O) groups excluding carboxylic acids is 1. The Bertz CT molecular complexity index is 127. The zero-order valence-electron chi connectivity index (χ0n) is 6.46. The van der Waals surface area contributed by atoms with E-state index in [-0.39, 0.29) is 5.92 Å². The predicted molar refractivity (Wildman–Crippen MR) is 38.2 cm³/mol. The topological polar surface area (TPSA) is 40.1 Å². The molecular formula is C8H13O2-. The number of aliphatic carboxylic acids is 1. The first-order valence-electron chi connectivity index (χ1n) is 3.54. The molecule has 0 rings (SSSR count). The van der Waals surface area contributed by atoms with Crippen LogP contribution in [-0.2, 0) is 4.79 Å². The fourth-order valence-corrected chi connectivity index (χ4v) is 0.563. The molecule has 2 nitrogen and oxygen atoms in total. The summed E-state index contributed by atoms with van der Waals surface area (Å²) in [5, 5.41) is 10.1. The number of carboxylic acid groups (broad SMARTS) is 1. The van der Waals surface area contributed by atoms with Crippen molar-refractivity contribution >= 4 is 5.97 Å². The minimum Gasteiger partial charge on any atom is -0.550 e. The molecule has 0 heterocycles. The Hall–Kier alpha value is -0.790. The zero-order valence-corrected chi connectivity index (χ0v) is 6.46. The van der Waals surface area contributed by atoms with Crippen LogP contribution in [0.5, 0.6) is 0 Å². The lowest BCUT2D eigenvalue weighted by molar-refractivity contribution is -0.310. The molecule has 0 saturated carbocycles. The minimum absolute atomic E-state index is 0.359. The highest BCUT2D eigenvalue weighted by atomic mass is 16.4. The molecule has 0 aliphatic heterocycles. The summed E-state index contributed by atoms with van der Waals surface area (Å²) in [7, 11) is 0. The first-order chi connectivity index (χ1) is 4.68. The third kappa shape index (κ3) is 4.13. The number of carbonyl (C=O) groups is 1. The van der Waals surface area contributed by atoms with E-state index in [1.165, 1.54) is 0 Å². The third-order valence-corrected chi connectivity index (χ3v) is 1.29. The summed E-state index contributed by atoms with van der Waals surface area (Å²) in [6.07, 6.45) is 5.37. The van der Waals surface area contributed by atoms with E-state index in [0.29, 0.717) is 6.42 Å². The molecule has 1 atom stereocenters. The van der Waals surface area contributed by atoms with Crippen molar-refractivity contribution in [2.24, 2.45) is 5.92 Å². The Morgan fingerprint density at radius 3 is 2.60 bits per heavy atom. The summed E-state index contributed by atoms with van der Waals surface area (Å²) in [5.74, 6) is -1.33. The van der Waals surface area contributed by atoms with E-state index < -0.39 is 5.97 Å². The first-order valence-corrected chi connectivity index (χ1v) is 3.54. The lowest BCUT2D eigenvalue weighted by Gasteiger charge is -2.07. The van der Waals surface area contributed by atoms with Crippen molar-refractivity contribution in [1.29, 1.82) is 0 Å². The molecule has 0 N–H and O–H groups in total. The molecule has 0 aromatic heterocycles. The predicted octanol–water partition coefficient (Wildman–Crippen LogP) is 0.729. The summed E-state index contributed by atoms with van der Waals surface area (Å²) < 4.78 is 0. The molecule has 10 heavy (non-hydrogen) atoms. The second-order valence-electron chi connectivity index (χ2n) is 2.34. The smallest absolute Gasteiger partial charge is 0.0445 e. The molecule has 0 spiro atoms. The van der Waals surface area contributed by atoms with Gasteiger partial charge in [0.15, 0.2) is 0 Å². The quantitative estimate of drug-likeness (QED) is 0.541. The van der Waals surface area contributed by atoms with E-state index in [0.717, 1.165) is 6.42 Å². The summed E-state index contributed by atoms with van der Waals surface area (Å²) >= 11 is 0. The number of carboxylic acids is 1. The van der Waals surface area contributed by atoms with Gasteiger partial charge in [-0.25, -0.2) is 0 Å². The van der Waals surface area contributed by atoms with Crippen LogP contribution in [0.3, 0.4) is 0 Å². The largest absolute Gasteiger partial charge is 0.550 e. The van der Waals surface area contributed by atoms with Crippen LogP contribution in [0.1, 0.15) is 26.7 Å². The average Bonchev–Trinajstić information content (AvgIpc) is 1.88. The second kappa shape index (κ2) is 5.03. The van der Waals surface area contributed by atoms with E-state index in [9.17, 15) is 9.90 Å². The van der Waals surface area contributed by atoms with Crippen LogP contribution >= 0.6 is 0 Å². The van der Waals surface area contributed by atoms with Crippen molar-refractivity contribution in [3.63, 3.8) is 0 Å². The van der Waals surface area contributed by atoms with Crippen LogP contribution in [0.25, 0.3) is 0 Å². The molecule has 0 aliphatic carbocycles. The van der Waals surface area contributed by atoms with Crippen LogP contribution in [0.2, 0.25) is 0 Å². The number of hydrogen-bond acceptors (Lipinski definition) is 2. The Kier molecular flexibility index (Phi) is 4.63. The normalized spacial score (nSPS) is 13.8. The number of allylic oxidation sites excluding steroid dienone is 2. The highest BCUT2D eigenvalue weighted by Crippen LogP contribution is 2.00. The van der Waals surface area contributed by atoms with Gasteiger partial charge in [0, 0.05) is 5.97 Å². The van der Waals surface area contributed by atoms with Gasteiger partial charge < -0.3 is 9.90 Å². The fourth-order valence-electron chi connectivity index (χ4n) is 0.563. The molecule has 58 valence electrons. The Balaban J connectivity index is 3.48. The van der Waals surface area contributed by atoms with Gasteiger partial charge in [0.1, 0.15) is 0 Å². The van der Waals surface area contributed by atoms with Gasteiger partial charge in [-0.2, -0.15) is 0 Å². The van der Waals surface area contributed by atoms with Gasteiger partial charge in [-0.3, -0.25) is 0 Å². The van der Waals surface area contributed by atoms with Crippen molar-refractivity contribution in [2.75, 3.05) is 0 Å². The molecule has 0 fully saturated rings. The van der Waals surface area contributed by atoms with Crippen LogP contribution in [0, 0.1) is 5.92 Å². The molecule has 0 aromatic rings. The number of rotatable bonds is 4. The highest BCUT2D eigenvalue weighted by molar-refractivity contribution is 5.67. The molecule has 0 aliphatic rings. The maximum Gasteiger partial charge on any atom is 0.0445 e. The summed E-state index contributed by atoms with van der Waals surface area (Å²) in [5.41, 5.74) is 0. The van der Waals surface area contributed by atoms with E-state index >= 15 is 0 Å². The molecule has 0 aromatic carbocycles. The molecule has 2 heteroatoms. The highest BCUT2D eigenvalue weighted by Gasteiger charge is 1.97. The standard InChI is InChI=1S/C8H14O2/c1-3-4-5-6-7(2)8(9)10/h4-5,7H,3,6H2,1-2H3,(H,9,10)/p-1/b5-4+. The summed E-state index contributed by atoms with van der Waals surface area (Å²) in [6.45, 7) is 3.66.